The third-order valence-electron chi connectivity index (χ3n) is 4.42. The van der Waals surface area contributed by atoms with Crippen LogP contribution >= 0.6 is 0 Å². The summed E-state index contributed by atoms with van der Waals surface area (Å²) in [5.41, 5.74) is -0.137. The highest BCUT2D eigenvalue weighted by molar-refractivity contribution is 6.06. The smallest absolute Gasteiger partial charge is 0.410 e. The lowest BCUT2D eigenvalue weighted by Crippen LogP contribution is -2.41. The van der Waals surface area contributed by atoms with Crippen LogP contribution in [-0.4, -0.2) is 66.1 Å². The second-order valence-corrected chi connectivity index (χ2v) is 7.73. The van der Waals surface area contributed by atoms with Crippen molar-refractivity contribution in [1.82, 2.24) is 9.91 Å². The Morgan fingerprint density at radius 2 is 1.96 bits per heavy atom. The standard InChI is InChI=1S/C17H29N3O4/c1-16(2,3)24-15(22)19(4)11-13-10-14(21)20(18-13)12-17(23-5)8-6-7-9-17/h6-12H2,1-5H3. The molecule has 0 aromatic rings. The van der Waals surface area contributed by atoms with Gasteiger partial charge in [0, 0.05) is 14.2 Å². The molecule has 136 valence electrons. The largest absolute Gasteiger partial charge is 0.444 e. The van der Waals surface area contributed by atoms with Crippen molar-refractivity contribution in [3.8, 4) is 0 Å². The molecule has 0 N–H and O–H groups in total. The molecule has 2 aliphatic rings. The van der Waals surface area contributed by atoms with Crippen molar-refractivity contribution in [2.75, 3.05) is 27.2 Å². The number of nitrogens with zero attached hydrogens (tertiary/aromatic N) is 3. The molecule has 0 atom stereocenters. The predicted molar refractivity (Wildman–Crippen MR) is 90.8 cm³/mol. The van der Waals surface area contributed by atoms with Crippen molar-refractivity contribution in [2.45, 2.75) is 64.1 Å². The molecular weight excluding hydrogens is 310 g/mol. The molecule has 0 aromatic heterocycles. The Bertz CT molecular complexity index is 518. The quantitative estimate of drug-likeness (QED) is 0.771. The Balaban J connectivity index is 1.95. The molecule has 7 nitrogen and oxygen atoms in total. The molecule has 0 saturated heterocycles. The number of hydrogen-bond donors (Lipinski definition) is 0. The van der Waals surface area contributed by atoms with Gasteiger partial charge in [-0.15, -0.1) is 0 Å². The summed E-state index contributed by atoms with van der Waals surface area (Å²) in [6, 6.07) is 0. The van der Waals surface area contributed by atoms with Crippen molar-refractivity contribution in [3.63, 3.8) is 0 Å². The Labute approximate surface area is 144 Å². The van der Waals surface area contributed by atoms with Gasteiger partial charge in [-0.2, -0.15) is 5.10 Å². The van der Waals surface area contributed by atoms with Crippen molar-refractivity contribution in [2.24, 2.45) is 5.10 Å². The molecule has 2 amide bonds. The molecule has 1 heterocycles. The molecule has 1 saturated carbocycles. The maximum Gasteiger partial charge on any atom is 0.410 e. The van der Waals surface area contributed by atoms with Gasteiger partial charge >= 0.3 is 6.09 Å². The topological polar surface area (TPSA) is 71.4 Å². The third kappa shape index (κ3) is 4.69. The van der Waals surface area contributed by atoms with Gasteiger partial charge in [-0.1, -0.05) is 12.8 Å². The number of amides is 2. The zero-order chi connectivity index (χ0) is 18.0. The van der Waals surface area contributed by atoms with Crippen LogP contribution in [0.1, 0.15) is 52.9 Å². The summed E-state index contributed by atoms with van der Waals surface area (Å²) >= 11 is 0. The minimum Gasteiger partial charge on any atom is -0.444 e. The van der Waals surface area contributed by atoms with Gasteiger partial charge in [0.2, 0.25) is 5.91 Å². The van der Waals surface area contributed by atoms with Crippen LogP contribution in [0.5, 0.6) is 0 Å². The van der Waals surface area contributed by atoms with Crippen molar-refractivity contribution >= 4 is 17.7 Å². The van der Waals surface area contributed by atoms with Gasteiger partial charge in [0.1, 0.15) is 5.60 Å². The van der Waals surface area contributed by atoms with Crippen LogP contribution in [0, 0.1) is 0 Å². The highest BCUT2D eigenvalue weighted by Crippen LogP contribution is 2.34. The summed E-state index contributed by atoms with van der Waals surface area (Å²) in [6.45, 7) is 6.24. The van der Waals surface area contributed by atoms with Crippen LogP contribution in [-0.2, 0) is 14.3 Å². The molecule has 0 bridgehead atoms. The predicted octanol–water partition coefficient (Wildman–Crippen LogP) is 2.40. The molecule has 1 fully saturated rings. The molecule has 0 radical (unpaired) electrons. The Kier molecular flexibility index (Phi) is 5.52. The minimum atomic E-state index is -0.544. The summed E-state index contributed by atoms with van der Waals surface area (Å²) in [4.78, 5) is 25.7. The van der Waals surface area contributed by atoms with Crippen molar-refractivity contribution in [1.29, 1.82) is 0 Å². The van der Waals surface area contributed by atoms with E-state index in [-0.39, 0.29) is 24.5 Å². The molecule has 24 heavy (non-hydrogen) atoms. The monoisotopic (exact) mass is 339 g/mol. The van der Waals surface area contributed by atoms with E-state index < -0.39 is 11.7 Å². The van der Waals surface area contributed by atoms with Crippen LogP contribution in [0.2, 0.25) is 0 Å². The second kappa shape index (κ2) is 7.09. The van der Waals surface area contributed by atoms with Crippen LogP contribution in [0.15, 0.2) is 5.10 Å². The third-order valence-corrected chi connectivity index (χ3v) is 4.42. The number of carbonyl (C=O) groups is 2. The lowest BCUT2D eigenvalue weighted by Gasteiger charge is -2.30. The van der Waals surface area contributed by atoms with Crippen molar-refractivity contribution in [3.05, 3.63) is 0 Å². The first kappa shape index (κ1) is 18.7. The fourth-order valence-corrected chi connectivity index (χ4v) is 3.14. The summed E-state index contributed by atoms with van der Waals surface area (Å²) in [7, 11) is 3.35. The van der Waals surface area contributed by atoms with E-state index in [2.05, 4.69) is 5.10 Å². The molecule has 0 aromatic carbocycles. The van der Waals surface area contributed by atoms with Crippen molar-refractivity contribution < 1.29 is 19.1 Å². The Hall–Kier alpha value is -1.63. The van der Waals surface area contributed by atoms with Gasteiger partial charge < -0.3 is 14.4 Å². The lowest BCUT2D eigenvalue weighted by atomic mass is 10.0. The number of carbonyl (C=O) groups excluding carboxylic acids is 2. The molecule has 7 heteroatoms. The molecule has 1 aliphatic heterocycles. The number of rotatable bonds is 5. The van der Waals surface area contributed by atoms with E-state index in [0.717, 1.165) is 25.7 Å². The van der Waals surface area contributed by atoms with E-state index in [0.29, 0.717) is 12.3 Å². The molecule has 0 unspecified atom stereocenters. The SMILES string of the molecule is COC1(CN2N=C(CN(C)C(=O)OC(C)(C)C)CC2=O)CCCC1. The highest BCUT2D eigenvalue weighted by atomic mass is 16.6. The van der Waals surface area contributed by atoms with E-state index in [1.807, 2.05) is 20.8 Å². The van der Waals surface area contributed by atoms with Gasteiger partial charge in [0.25, 0.3) is 0 Å². The van der Waals surface area contributed by atoms with Gasteiger partial charge in [0.15, 0.2) is 0 Å². The van der Waals surface area contributed by atoms with Gasteiger partial charge in [-0.3, -0.25) is 4.79 Å². The summed E-state index contributed by atoms with van der Waals surface area (Å²) in [5, 5.41) is 5.92. The molecule has 0 spiro atoms. The summed E-state index contributed by atoms with van der Waals surface area (Å²) < 4.78 is 11.0. The second-order valence-electron chi connectivity index (χ2n) is 7.73. The highest BCUT2D eigenvalue weighted by Gasteiger charge is 2.39. The van der Waals surface area contributed by atoms with Gasteiger partial charge in [0.05, 0.1) is 30.8 Å². The number of methoxy groups -OCH3 is 1. The van der Waals surface area contributed by atoms with Crippen LogP contribution in [0.25, 0.3) is 0 Å². The van der Waals surface area contributed by atoms with Crippen LogP contribution in [0.3, 0.4) is 0 Å². The molecule has 1 aliphatic carbocycles. The first-order valence-corrected chi connectivity index (χ1v) is 8.50. The normalized spacial score (nSPS) is 20.3. The summed E-state index contributed by atoms with van der Waals surface area (Å²) in [6.07, 6.45) is 3.97. The first-order chi connectivity index (χ1) is 11.1. The molecular formula is C17H29N3O4. The average molecular weight is 339 g/mol. The zero-order valence-electron chi connectivity index (χ0n) is 15.4. The van der Waals surface area contributed by atoms with Crippen LogP contribution in [0.4, 0.5) is 4.79 Å². The first-order valence-electron chi connectivity index (χ1n) is 8.50. The van der Waals surface area contributed by atoms with E-state index >= 15 is 0 Å². The van der Waals surface area contributed by atoms with E-state index in [1.54, 1.807) is 14.2 Å². The average Bonchev–Trinajstić information content (AvgIpc) is 3.06. The number of ether oxygens (including phenoxy) is 2. The maximum absolute atomic E-state index is 12.2. The van der Waals surface area contributed by atoms with E-state index in [1.165, 1.54) is 9.91 Å². The molecule has 2 rings (SSSR count). The summed E-state index contributed by atoms with van der Waals surface area (Å²) in [5.74, 6) is -0.0362. The number of hydrazone groups is 1. The van der Waals surface area contributed by atoms with Gasteiger partial charge in [-0.25, -0.2) is 9.80 Å². The van der Waals surface area contributed by atoms with Crippen LogP contribution < -0.4 is 0 Å². The fraction of sp³-hybridized carbons (Fsp3) is 0.824. The number of hydrogen-bond acceptors (Lipinski definition) is 5. The Morgan fingerprint density at radius 3 is 2.50 bits per heavy atom. The fourth-order valence-electron chi connectivity index (χ4n) is 3.14. The van der Waals surface area contributed by atoms with E-state index in [4.69, 9.17) is 9.47 Å². The van der Waals surface area contributed by atoms with Gasteiger partial charge in [-0.05, 0) is 33.6 Å². The Morgan fingerprint density at radius 1 is 1.33 bits per heavy atom. The lowest BCUT2D eigenvalue weighted by molar-refractivity contribution is -0.133. The minimum absolute atomic E-state index is 0.0362. The zero-order valence-corrected chi connectivity index (χ0v) is 15.4. The van der Waals surface area contributed by atoms with E-state index in [9.17, 15) is 9.59 Å². The maximum atomic E-state index is 12.2.